The first-order chi connectivity index (χ1) is 8.74. The van der Waals surface area contributed by atoms with Gasteiger partial charge >= 0.3 is 0 Å². The van der Waals surface area contributed by atoms with Gasteiger partial charge in [0.25, 0.3) is 0 Å². The number of halogens is 1. The lowest BCUT2D eigenvalue weighted by Crippen LogP contribution is -2.25. The number of carbonyl (C=O) groups is 1. The van der Waals surface area contributed by atoms with E-state index in [-0.39, 0.29) is 11.6 Å². The molecule has 1 aliphatic carbocycles. The molecule has 1 aliphatic heterocycles. The number of hydrogen-bond acceptors (Lipinski definition) is 2. The van der Waals surface area contributed by atoms with Crippen LogP contribution < -0.4 is 0 Å². The number of Topliss-reactive ketones (excluding diaryl/α,β-unsaturated/α-hetero) is 1. The number of carbonyl (C=O) groups excluding carboxylic acids is 1. The zero-order valence-electron chi connectivity index (χ0n) is 10.3. The summed E-state index contributed by atoms with van der Waals surface area (Å²) in [4.78, 5) is 14.4. The smallest absolute Gasteiger partial charge is 0.191 e. The van der Waals surface area contributed by atoms with Gasteiger partial charge in [0.2, 0.25) is 0 Å². The standard InChI is InChI=1S/C15H16FNO/c16-13-4-5-14-11(9-13)8-12(15(14)18)10-17-6-2-1-3-7-17/h4-5,9-10H,1-3,6-8H2. The number of fused-ring (bicyclic) bond motifs is 1. The van der Waals surface area contributed by atoms with E-state index in [4.69, 9.17) is 0 Å². The fraction of sp³-hybridized carbons (Fsp3) is 0.400. The summed E-state index contributed by atoms with van der Waals surface area (Å²) in [7, 11) is 0. The molecular weight excluding hydrogens is 229 g/mol. The second-order valence-corrected chi connectivity index (χ2v) is 5.06. The lowest BCUT2D eigenvalue weighted by molar-refractivity contribution is 0.103. The quantitative estimate of drug-likeness (QED) is 0.709. The van der Waals surface area contributed by atoms with Gasteiger partial charge in [-0.05, 0) is 43.0 Å². The second kappa shape index (κ2) is 4.56. The normalized spacial score (nSPS) is 21.5. The van der Waals surface area contributed by atoms with Crippen molar-refractivity contribution >= 4 is 5.78 Å². The Labute approximate surface area is 106 Å². The van der Waals surface area contributed by atoms with Gasteiger partial charge < -0.3 is 4.90 Å². The van der Waals surface area contributed by atoms with Crippen LogP contribution in [0.2, 0.25) is 0 Å². The third-order valence-corrected chi connectivity index (χ3v) is 3.71. The first-order valence-electron chi connectivity index (χ1n) is 6.52. The van der Waals surface area contributed by atoms with Gasteiger partial charge in [-0.1, -0.05) is 0 Å². The van der Waals surface area contributed by atoms with Crippen LogP contribution in [0.4, 0.5) is 4.39 Å². The van der Waals surface area contributed by atoms with Gasteiger partial charge in [-0.15, -0.1) is 0 Å². The number of rotatable bonds is 1. The third kappa shape index (κ3) is 2.05. The lowest BCUT2D eigenvalue weighted by atomic mass is 10.1. The van der Waals surface area contributed by atoms with Gasteiger partial charge in [0, 0.05) is 36.8 Å². The highest BCUT2D eigenvalue weighted by Gasteiger charge is 2.25. The molecular formula is C15H16FNO. The van der Waals surface area contributed by atoms with Crippen molar-refractivity contribution in [3.63, 3.8) is 0 Å². The molecule has 0 saturated carbocycles. The first-order valence-corrected chi connectivity index (χ1v) is 6.52. The number of benzene rings is 1. The van der Waals surface area contributed by atoms with E-state index in [2.05, 4.69) is 4.90 Å². The van der Waals surface area contributed by atoms with Crippen molar-refractivity contribution in [2.24, 2.45) is 0 Å². The van der Waals surface area contributed by atoms with Gasteiger partial charge in [0.05, 0.1) is 0 Å². The fourth-order valence-electron chi connectivity index (χ4n) is 2.76. The van der Waals surface area contributed by atoms with Crippen molar-refractivity contribution in [1.29, 1.82) is 0 Å². The van der Waals surface area contributed by atoms with Crippen LogP contribution in [-0.4, -0.2) is 23.8 Å². The van der Waals surface area contributed by atoms with Crippen molar-refractivity contribution in [2.75, 3.05) is 13.1 Å². The number of hydrogen-bond donors (Lipinski definition) is 0. The highest BCUT2D eigenvalue weighted by molar-refractivity contribution is 6.13. The van der Waals surface area contributed by atoms with Crippen LogP contribution in [-0.2, 0) is 6.42 Å². The van der Waals surface area contributed by atoms with E-state index in [1.165, 1.54) is 31.4 Å². The van der Waals surface area contributed by atoms with Crippen molar-refractivity contribution in [2.45, 2.75) is 25.7 Å². The van der Waals surface area contributed by atoms with Crippen LogP contribution in [0.3, 0.4) is 0 Å². The SMILES string of the molecule is O=C1C(=CN2CCCCC2)Cc2cc(F)ccc21. The van der Waals surface area contributed by atoms with Crippen molar-refractivity contribution < 1.29 is 9.18 Å². The van der Waals surface area contributed by atoms with E-state index in [1.54, 1.807) is 6.07 Å². The van der Waals surface area contributed by atoms with Crippen LogP contribution in [0.15, 0.2) is 30.0 Å². The van der Waals surface area contributed by atoms with Crippen LogP contribution in [0.1, 0.15) is 35.2 Å². The molecule has 1 fully saturated rings. The maximum Gasteiger partial charge on any atom is 0.191 e. The van der Waals surface area contributed by atoms with Gasteiger partial charge in [0.1, 0.15) is 5.82 Å². The van der Waals surface area contributed by atoms with E-state index in [9.17, 15) is 9.18 Å². The lowest BCUT2D eigenvalue weighted by Gasteiger charge is -2.25. The molecule has 2 nitrogen and oxygen atoms in total. The Balaban J connectivity index is 1.85. The third-order valence-electron chi connectivity index (χ3n) is 3.71. The molecule has 0 aromatic heterocycles. The molecule has 3 rings (SSSR count). The Morgan fingerprint density at radius 1 is 1.17 bits per heavy atom. The van der Waals surface area contributed by atoms with Gasteiger partial charge in [-0.25, -0.2) is 4.39 Å². The van der Waals surface area contributed by atoms with E-state index >= 15 is 0 Å². The van der Waals surface area contributed by atoms with E-state index < -0.39 is 0 Å². The number of allylic oxidation sites excluding steroid dienone is 1. The van der Waals surface area contributed by atoms with Crippen LogP contribution >= 0.6 is 0 Å². The van der Waals surface area contributed by atoms with Crippen LogP contribution in [0.25, 0.3) is 0 Å². The summed E-state index contributed by atoms with van der Waals surface area (Å²) in [6, 6.07) is 4.44. The largest absolute Gasteiger partial charge is 0.377 e. The maximum atomic E-state index is 13.1. The molecule has 1 heterocycles. The minimum absolute atomic E-state index is 0.0653. The Hall–Kier alpha value is -1.64. The van der Waals surface area contributed by atoms with Crippen molar-refractivity contribution in [3.05, 3.63) is 46.9 Å². The monoisotopic (exact) mass is 245 g/mol. The number of nitrogens with zero attached hydrogens (tertiary/aromatic N) is 1. The van der Waals surface area contributed by atoms with E-state index in [0.717, 1.165) is 24.2 Å². The summed E-state index contributed by atoms with van der Waals surface area (Å²) in [6.45, 7) is 2.06. The zero-order chi connectivity index (χ0) is 12.5. The highest BCUT2D eigenvalue weighted by atomic mass is 19.1. The molecule has 1 aromatic carbocycles. The number of ketones is 1. The molecule has 2 aliphatic rings. The van der Waals surface area contributed by atoms with Gasteiger partial charge in [-0.2, -0.15) is 0 Å². The average Bonchev–Trinajstić information content (AvgIpc) is 2.67. The van der Waals surface area contributed by atoms with Crippen molar-refractivity contribution in [1.82, 2.24) is 4.90 Å². The van der Waals surface area contributed by atoms with Gasteiger partial charge in [-0.3, -0.25) is 4.79 Å². The summed E-state index contributed by atoms with van der Waals surface area (Å²) in [5.74, 6) is -0.198. The molecule has 0 N–H and O–H groups in total. The zero-order valence-corrected chi connectivity index (χ0v) is 10.3. The maximum absolute atomic E-state index is 13.1. The van der Waals surface area contributed by atoms with Crippen LogP contribution in [0.5, 0.6) is 0 Å². The Morgan fingerprint density at radius 3 is 2.72 bits per heavy atom. The predicted molar refractivity (Wildman–Crippen MR) is 67.9 cm³/mol. The molecule has 1 aromatic rings. The van der Waals surface area contributed by atoms with Crippen molar-refractivity contribution in [3.8, 4) is 0 Å². The second-order valence-electron chi connectivity index (χ2n) is 5.06. The van der Waals surface area contributed by atoms with E-state index in [0.29, 0.717) is 12.0 Å². The summed E-state index contributed by atoms with van der Waals surface area (Å²) in [5, 5.41) is 0. The highest BCUT2D eigenvalue weighted by Crippen LogP contribution is 2.27. The first kappa shape index (κ1) is 11.5. The molecule has 0 unspecified atom stereocenters. The summed E-state index contributed by atoms with van der Waals surface area (Å²) in [6.07, 6.45) is 6.22. The molecule has 1 saturated heterocycles. The number of likely N-dealkylation sites (tertiary alicyclic amines) is 1. The summed E-state index contributed by atoms with van der Waals surface area (Å²) in [5.41, 5.74) is 2.29. The molecule has 0 amide bonds. The Kier molecular flexibility index (Phi) is 2.90. The van der Waals surface area contributed by atoms with Gasteiger partial charge in [0.15, 0.2) is 5.78 Å². The minimum atomic E-state index is -0.263. The molecule has 0 radical (unpaired) electrons. The number of piperidine rings is 1. The average molecular weight is 245 g/mol. The van der Waals surface area contributed by atoms with Crippen LogP contribution in [0, 0.1) is 5.82 Å². The summed E-state index contributed by atoms with van der Waals surface area (Å²) < 4.78 is 13.1. The summed E-state index contributed by atoms with van der Waals surface area (Å²) >= 11 is 0. The Morgan fingerprint density at radius 2 is 1.94 bits per heavy atom. The molecule has 0 spiro atoms. The fourth-order valence-corrected chi connectivity index (χ4v) is 2.76. The predicted octanol–water partition coefficient (Wildman–Crippen LogP) is 2.93. The molecule has 3 heteroatoms. The topological polar surface area (TPSA) is 20.3 Å². The molecule has 18 heavy (non-hydrogen) atoms. The minimum Gasteiger partial charge on any atom is -0.377 e. The van der Waals surface area contributed by atoms with E-state index in [1.807, 2.05) is 6.20 Å². The molecule has 0 bridgehead atoms. The molecule has 0 atom stereocenters. The molecule has 94 valence electrons. The Bertz CT molecular complexity index is 515.